The van der Waals surface area contributed by atoms with Gasteiger partial charge in [-0.15, -0.1) is 11.8 Å². The lowest BCUT2D eigenvalue weighted by atomic mass is 10.2. The first-order valence-electron chi connectivity index (χ1n) is 6.97. The fourth-order valence-corrected chi connectivity index (χ4v) is 3.70. The van der Waals surface area contributed by atoms with Crippen molar-refractivity contribution in [1.82, 2.24) is 10.2 Å². The highest BCUT2D eigenvalue weighted by molar-refractivity contribution is 8.00. The number of urea groups is 1. The van der Waals surface area contributed by atoms with E-state index in [1.54, 1.807) is 14.2 Å². The first kappa shape index (κ1) is 18.1. The number of aliphatic carboxylic acids is 1. The topological polar surface area (TPSA) is 88.1 Å². The Morgan fingerprint density at radius 2 is 2.19 bits per heavy atom. The summed E-state index contributed by atoms with van der Waals surface area (Å²) in [6, 6.07) is -1.13. The number of nitrogens with one attached hydrogen (secondary N) is 1. The molecule has 0 bridgehead atoms. The van der Waals surface area contributed by atoms with Crippen molar-refractivity contribution in [3.8, 4) is 0 Å². The van der Waals surface area contributed by atoms with Crippen LogP contribution in [0, 0.1) is 0 Å². The number of methoxy groups -OCH3 is 2. The molecular weight excluding hydrogens is 296 g/mol. The van der Waals surface area contributed by atoms with Crippen LogP contribution in [0.25, 0.3) is 0 Å². The Morgan fingerprint density at radius 1 is 1.48 bits per heavy atom. The first-order chi connectivity index (χ1) is 10.0. The second kappa shape index (κ2) is 9.11. The summed E-state index contributed by atoms with van der Waals surface area (Å²) in [5, 5.41) is 11.9. The maximum atomic E-state index is 12.3. The highest BCUT2D eigenvalue weighted by Crippen LogP contribution is 2.32. The van der Waals surface area contributed by atoms with Crippen molar-refractivity contribution in [1.29, 1.82) is 0 Å². The number of carbonyl (C=O) groups is 2. The number of carbonyl (C=O) groups excluding carboxylic acids is 1. The molecule has 1 rings (SSSR count). The maximum Gasteiger partial charge on any atom is 0.327 e. The molecule has 0 aromatic heterocycles. The van der Waals surface area contributed by atoms with Crippen LogP contribution in [0.3, 0.4) is 0 Å². The van der Waals surface area contributed by atoms with Crippen molar-refractivity contribution in [3.63, 3.8) is 0 Å². The van der Waals surface area contributed by atoms with Gasteiger partial charge in [0.2, 0.25) is 0 Å². The van der Waals surface area contributed by atoms with E-state index in [1.807, 2.05) is 6.92 Å². The van der Waals surface area contributed by atoms with Gasteiger partial charge in [0.05, 0.1) is 18.1 Å². The number of carboxylic acid groups (broad SMARTS) is 1. The van der Waals surface area contributed by atoms with Crippen molar-refractivity contribution >= 4 is 23.8 Å². The molecule has 2 amide bonds. The van der Waals surface area contributed by atoms with Crippen LogP contribution in [-0.2, 0) is 14.3 Å². The van der Waals surface area contributed by atoms with Crippen LogP contribution in [0.15, 0.2) is 0 Å². The van der Waals surface area contributed by atoms with Crippen molar-refractivity contribution in [2.24, 2.45) is 0 Å². The average Bonchev–Trinajstić information content (AvgIpc) is 2.87. The van der Waals surface area contributed by atoms with Gasteiger partial charge in [0, 0.05) is 26.5 Å². The minimum atomic E-state index is -0.962. The Bertz CT molecular complexity index is 355. The zero-order valence-electron chi connectivity index (χ0n) is 12.7. The summed E-state index contributed by atoms with van der Waals surface area (Å²) in [7, 11) is 3.10. The number of hydrogen-bond donors (Lipinski definition) is 2. The Kier molecular flexibility index (Phi) is 7.84. The predicted octanol–water partition coefficient (Wildman–Crippen LogP) is 0.986. The third kappa shape index (κ3) is 5.05. The molecule has 2 N–H and O–H groups in total. The van der Waals surface area contributed by atoms with E-state index in [2.05, 4.69) is 5.32 Å². The lowest BCUT2D eigenvalue weighted by molar-refractivity contribution is -0.141. The molecule has 1 aliphatic rings. The van der Waals surface area contributed by atoms with E-state index in [0.717, 1.165) is 12.8 Å². The Morgan fingerprint density at radius 3 is 2.71 bits per heavy atom. The number of thioether (sulfide) groups is 1. The molecule has 1 heterocycles. The monoisotopic (exact) mass is 320 g/mol. The molecule has 1 aliphatic heterocycles. The molecule has 0 radical (unpaired) electrons. The number of amides is 2. The molecule has 1 fully saturated rings. The molecule has 1 saturated heterocycles. The van der Waals surface area contributed by atoms with Gasteiger partial charge in [-0.25, -0.2) is 9.59 Å². The molecule has 21 heavy (non-hydrogen) atoms. The summed E-state index contributed by atoms with van der Waals surface area (Å²) < 4.78 is 10.2. The largest absolute Gasteiger partial charge is 0.480 e. The van der Waals surface area contributed by atoms with Crippen LogP contribution in [0.5, 0.6) is 0 Å². The molecule has 7 nitrogen and oxygen atoms in total. The SMILES string of the molecule is CCCC1SCC(C(=O)O)N1C(=O)NCC(COC)OC. The van der Waals surface area contributed by atoms with E-state index in [9.17, 15) is 14.7 Å². The van der Waals surface area contributed by atoms with Crippen molar-refractivity contribution in [2.75, 3.05) is 33.1 Å². The van der Waals surface area contributed by atoms with Crippen LogP contribution >= 0.6 is 11.8 Å². The van der Waals surface area contributed by atoms with Gasteiger partial charge < -0.3 is 19.9 Å². The zero-order chi connectivity index (χ0) is 15.8. The van der Waals surface area contributed by atoms with Crippen LogP contribution in [-0.4, -0.2) is 72.7 Å². The second-order valence-corrected chi connectivity index (χ2v) is 6.05. The van der Waals surface area contributed by atoms with E-state index >= 15 is 0 Å². The van der Waals surface area contributed by atoms with E-state index in [0.29, 0.717) is 12.4 Å². The van der Waals surface area contributed by atoms with Crippen LogP contribution in [0.1, 0.15) is 19.8 Å². The summed E-state index contributed by atoms with van der Waals surface area (Å²) in [6.07, 6.45) is 1.44. The third-order valence-corrected chi connectivity index (χ3v) is 4.67. The number of ether oxygens (including phenoxy) is 2. The normalized spacial score (nSPS) is 23.1. The Balaban J connectivity index is 2.64. The van der Waals surface area contributed by atoms with Crippen LogP contribution in [0.4, 0.5) is 4.79 Å². The lowest BCUT2D eigenvalue weighted by Gasteiger charge is -2.28. The van der Waals surface area contributed by atoms with E-state index in [4.69, 9.17) is 9.47 Å². The van der Waals surface area contributed by atoms with E-state index in [1.165, 1.54) is 16.7 Å². The number of hydrogen-bond acceptors (Lipinski definition) is 5. The van der Waals surface area contributed by atoms with Crippen LogP contribution in [0.2, 0.25) is 0 Å². The smallest absolute Gasteiger partial charge is 0.327 e. The second-order valence-electron chi connectivity index (χ2n) is 4.84. The Labute approximate surface area is 129 Å². The molecule has 0 aliphatic carbocycles. The van der Waals surface area contributed by atoms with Gasteiger partial charge in [0.15, 0.2) is 0 Å². The molecule has 122 valence electrons. The van der Waals surface area contributed by atoms with Crippen LogP contribution < -0.4 is 5.32 Å². The highest BCUT2D eigenvalue weighted by Gasteiger charge is 2.41. The zero-order valence-corrected chi connectivity index (χ0v) is 13.5. The van der Waals surface area contributed by atoms with Gasteiger partial charge in [-0.3, -0.25) is 4.90 Å². The van der Waals surface area contributed by atoms with Crippen molar-refractivity contribution < 1.29 is 24.2 Å². The van der Waals surface area contributed by atoms with Gasteiger partial charge in [-0.05, 0) is 6.42 Å². The standard InChI is InChI=1S/C13H24N2O5S/c1-4-5-11-15(10(8-21-11)12(16)17)13(18)14-6-9(20-3)7-19-2/h9-11H,4-8H2,1-3H3,(H,14,18)(H,16,17). The van der Waals surface area contributed by atoms with E-state index in [-0.39, 0.29) is 24.1 Å². The third-order valence-electron chi connectivity index (χ3n) is 3.31. The summed E-state index contributed by atoms with van der Waals surface area (Å²) in [6.45, 7) is 2.67. The minimum absolute atomic E-state index is 0.0838. The lowest BCUT2D eigenvalue weighted by Crippen LogP contribution is -2.51. The van der Waals surface area contributed by atoms with Gasteiger partial charge in [-0.2, -0.15) is 0 Å². The predicted molar refractivity (Wildman–Crippen MR) is 80.5 cm³/mol. The van der Waals surface area contributed by atoms with Gasteiger partial charge in [0.25, 0.3) is 0 Å². The van der Waals surface area contributed by atoms with Crippen molar-refractivity contribution in [3.05, 3.63) is 0 Å². The maximum absolute atomic E-state index is 12.3. The first-order valence-corrected chi connectivity index (χ1v) is 8.02. The van der Waals surface area contributed by atoms with Gasteiger partial charge in [0.1, 0.15) is 6.04 Å². The molecule has 8 heteroatoms. The number of nitrogens with zero attached hydrogens (tertiary/aromatic N) is 1. The Hall–Kier alpha value is -0.990. The summed E-state index contributed by atoms with van der Waals surface area (Å²) >= 11 is 1.52. The molecule has 0 spiro atoms. The number of carboxylic acids is 1. The van der Waals surface area contributed by atoms with E-state index < -0.39 is 12.0 Å². The molecular formula is C13H24N2O5S. The molecule has 0 aromatic rings. The summed E-state index contributed by atoms with van der Waals surface area (Å²) in [5.74, 6) is -0.532. The number of rotatable bonds is 8. The average molecular weight is 320 g/mol. The summed E-state index contributed by atoms with van der Waals surface area (Å²) in [5.41, 5.74) is 0. The molecule has 3 atom stereocenters. The quantitative estimate of drug-likeness (QED) is 0.693. The van der Waals surface area contributed by atoms with Crippen molar-refractivity contribution in [2.45, 2.75) is 37.3 Å². The van der Waals surface area contributed by atoms with Gasteiger partial charge in [-0.1, -0.05) is 13.3 Å². The molecule has 0 aromatic carbocycles. The summed E-state index contributed by atoms with van der Waals surface area (Å²) in [4.78, 5) is 25.0. The fraction of sp³-hybridized carbons (Fsp3) is 0.846. The minimum Gasteiger partial charge on any atom is -0.480 e. The molecule has 0 saturated carbocycles. The fourth-order valence-electron chi connectivity index (χ4n) is 2.18. The molecule has 3 unspecified atom stereocenters. The highest BCUT2D eigenvalue weighted by atomic mass is 32.2. The van der Waals surface area contributed by atoms with Gasteiger partial charge >= 0.3 is 12.0 Å².